The third-order valence-corrected chi connectivity index (χ3v) is 5.49. The van der Waals surface area contributed by atoms with E-state index in [1.54, 1.807) is 0 Å². The molecule has 0 aliphatic heterocycles. The summed E-state index contributed by atoms with van der Waals surface area (Å²) in [5, 5.41) is 15.0. The maximum atomic E-state index is 13.4. The molecule has 0 N–H and O–H groups in total. The molecule has 0 bridgehead atoms. The molecule has 0 unspecified atom stereocenters. The molecule has 14 heteroatoms. The van der Waals surface area contributed by atoms with Crippen LogP contribution in [0.2, 0.25) is 5.15 Å². The lowest BCUT2D eigenvalue weighted by atomic mass is 10.3. The fourth-order valence-electron chi connectivity index (χ4n) is 2.47. The summed E-state index contributed by atoms with van der Waals surface area (Å²) in [6, 6.07) is 0.989. The highest BCUT2D eigenvalue weighted by molar-refractivity contribution is 7.91. The Balaban J connectivity index is 2.21. The summed E-state index contributed by atoms with van der Waals surface area (Å²) in [6.07, 6.45) is -2.71. The van der Waals surface area contributed by atoms with Crippen LogP contribution < -0.4 is 9.63 Å². The first kappa shape index (κ1) is 22.9. The van der Waals surface area contributed by atoms with E-state index in [4.69, 9.17) is 11.6 Å². The topological polar surface area (TPSA) is 99.2 Å². The first-order chi connectivity index (χ1) is 13.3. The average Bonchev–Trinajstić information content (AvgIpc) is 2.93. The Hall–Kier alpha value is -2.41. The number of nitrogens with zero attached hydrogens (tertiary/aromatic N) is 4. The molecule has 0 saturated heterocycles. The number of hydrogen-bond acceptors (Lipinski definition) is 5. The second-order valence-electron chi connectivity index (χ2n) is 5.92. The zero-order valence-corrected chi connectivity index (χ0v) is 16.4. The van der Waals surface area contributed by atoms with Crippen molar-refractivity contribution in [3.8, 4) is 5.69 Å². The Kier molecular flexibility index (Phi) is 6.73. The molecule has 0 aliphatic rings. The van der Waals surface area contributed by atoms with Crippen molar-refractivity contribution in [3.05, 3.63) is 40.8 Å². The van der Waals surface area contributed by atoms with Crippen molar-refractivity contribution in [2.45, 2.75) is 19.5 Å². The third-order valence-electron chi connectivity index (χ3n) is 3.63. The van der Waals surface area contributed by atoms with Gasteiger partial charge in [-0.15, -0.1) is 0 Å². The maximum absolute atomic E-state index is 13.4. The average molecular weight is 459 g/mol. The molecule has 29 heavy (non-hydrogen) atoms. The first-order valence-corrected chi connectivity index (χ1v) is 10.2. The van der Waals surface area contributed by atoms with Gasteiger partial charge in [0.05, 0.1) is 11.9 Å². The third kappa shape index (κ3) is 6.29. The zero-order valence-electron chi connectivity index (χ0n) is 14.9. The van der Waals surface area contributed by atoms with Crippen LogP contribution in [0.25, 0.3) is 5.69 Å². The van der Waals surface area contributed by atoms with Gasteiger partial charge in [-0.1, -0.05) is 11.6 Å². The van der Waals surface area contributed by atoms with Crippen molar-refractivity contribution in [1.82, 2.24) is 9.78 Å². The number of aromatic nitrogens is 3. The molecule has 0 radical (unpaired) electrons. The van der Waals surface area contributed by atoms with Crippen molar-refractivity contribution in [2.24, 2.45) is 0 Å². The lowest BCUT2D eigenvalue weighted by molar-refractivity contribution is -0.606. The number of rotatable bonds is 7. The minimum Gasteiger partial charge on any atom is -0.619 e. The lowest BCUT2D eigenvalue weighted by Gasteiger charge is -2.19. The number of hydrogen-bond donors (Lipinski definition) is 0. The van der Waals surface area contributed by atoms with E-state index in [2.05, 4.69) is 5.10 Å². The van der Waals surface area contributed by atoms with Crippen molar-refractivity contribution in [1.29, 1.82) is 0 Å². The van der Waals surface area contributed by atoms with Crippen LogP contribution in [0.3, 0.4) is 0 Å². The summed E-state index contributed by atoms with van der Waals surface area (Å²) in [6.45, 7) is 1.54. The monoisotopic (exact) mass is 458 g/mol. The molecule has 2 heterocycles. The molecule has 2 aromatic rings. The van der Waals surface area contributed by atoms with Crippen LogP contribution in [-0.4, -0.2) is 48.3 Å². The smallest absolute Gasteiger partial charge is 0.402 e. The van der Waals surface area contributed by atoms with E-state index < -0.39 is 45.7 Å². The molecule has 0 fully saturated rings. The van der Waals surface area contributed by atoms with Crippen LogP contribution in [0.5, 0.6) is 0 Å². The van der Waals surface area contributed by atoms with Gasteiger partial charge in [-0.2, -0.15) is 23.0 Å². The van der Waals surface area contributed by atoms with E-state index >= 15 is 0 Å². The predicted molar refractivity (Wildman–Crippen MR) is 94.8 cm³/mol. The number of anilines is 1. The highest BCUT2D eigenvalue weighted by atomic mass is 35.5. The normalized spacial score (nSPS) is 12.2. The molecule has 0 aromatic carbocycles. The largest absolute Gasteiger partial charge is 0.619 e. The second kappa shape index (κ2) is 8.53. The van der Waals surface area contributed by atoms with E-state index in [0.717, 1.165) is 21.8 Å². The molecular formula is C15H15ClF4N4O4S. The fraction of sp³-hybridized carbons (Fsp3) is 0.400. The Morgan fingerprint density at radius 1 is 1.38 bits per heavy atom. The van der Waals surface area contributed by atoms with E-state index in [-0.39, 0.29) is 27.8 Å². The number of halogens is 5. The minimum absolute atomic E-state index is 0.00408. The molecule has 0 spiro atoms. The molecule has 0 aliphatic carbocycles. The SMILES string of the molecule is CCN(C(=O)CCS(=O)(=O)CC(F)(F)F)c1cn(-c2cc(F)c[n+]([O-])c2)nc1Cl. The molecule has 160 valence electrons. The van der Waals surface area contributed by atoms with Gasteiger partial charge >= 0.3 is 6.18 Å². The molecule has 0 saturated carbocycles. The van der Waals surface area contributed by atoms with Gasteiger partial charge in [0, 0.05) is 19.0 Å². The van der Waals surface area contributed by atoms with E-state index in [1.807, 2.05) is 0 Å². The number of sulfone groups is 1. The quantitative estimate of drug-likeness (QED) is 0.359. The van der Waals surface area contributed by atoms with Gasteiger partial charge in [0.1, 0.15) is 17.1 Å². The predicted octanol–water partition coefficient (Wildman–Crippen LogP) is 2.02. The second-order valence-corrected chi connectivity index (χ2v) is 8.46. The number of carbonyl (C=O) groups excluding carboxylic acids is 1. The van der Waals surface area contributed by atoms with Crippen LogP contribution in [-0.2, 0) is 14.6 Å². The molecule has 2 rings (SSSR count). The summed E-state index contributed by atoms with van der Waals surface area (Å²) in [5.74, 6) is -4.65. The van der Waals surface area contributed by atoms with Crippen molar-refractivity contribution >= 4 is 33.0 Å². The standard InChI is InChI=1S/C15H15ClF4N4O4S/c1-2-23(13(25)3-4-29(27,28)9-15(18,19)20)12-8-24(21-14(12)16)11-5-10(17)6-22(26)7-11/h5-8H,2-4,9H2,1H3. The van der Waals surface area contributed by atoms with Gasteiger partial charge in [0.15, 0.2) is 20.8 Å². The van der Waals surface area contributed by atoms with Crippen LogP contribution in [0.1, 0.15) is 13.3 Å². The summed E-state index contributed by atoms with van der Waals surface area (Å²) in [5.41, 5.74) is 0.0264. The summed E-state index contributed by atoms with van der Waals surface area (Å²) >= 11 is 6.00. The van der Waals surface area contributed by atoms with Gasteiger partial charge in [-0.05, 0) is 6.92 Å². The van der Waals surface area contributed by atoms with Gasteiger partial charge in [0.25, 0.3) is 0 Å². The number of carbonyl (C=O) groups is 1. The van der Waals surface area contributed by atoms with Gasteiger partial charge < -0.3 is 10.1 Å². The van der Waals surface area contributed by atoms with E-state index in [0.29, 0.717) is 6.20 Å². The van der Waals surface area contributed by atoms with E-state index in [9.17, 15) is 36.0 Å². The Labute approximate surface area is 167 Å². The maximum Gasteiger partial charge on any atom is 0.402 e. The fourth-order valence-corrected chi connectivity index (χ4v) is 3.83. The zero-order chi connectivity index (χ0) is 22.0. The number of amides is 1. The minimum atomic E-state index is -4.90. The summed E-state index contributed by atoms with van der Waals surface area (Å²) in [4.78, 5) is 13.4. The highest BCUT2D eigenvalue weighted by Gasteiger charge is 2.35. The molecule has 2 aromatic heterocycles. The van der Waals surface area contributed by atoms with Crippen LogP contribution in [0.15, 0.2) is 24.7 Å². The number of pyridine rings is 1. The lowest BCUT2D eigenvalue weighted by Crippen LogP contribution is -2.33. The van der Waals surface area contributed by atoms with Crippen LogP contribution >= 0.6 is 11.6 Å². The number of alkyl halides is 3. The van der Waals surface area contributed by atoms with Gasteiger partial charge in [0.2, 0.25) is 18.3 Å². The Morgan fingerprint density at radius 3 is 2.59 bits per heavy atom. The van der Waals surface area contributed by atoms with Crippen LogP contribution in [0.4, 0.5) is 23.2 Å². The summed E-state index contributed by atoms with van der Waals surface area (Å²) < 4.78 is 74.5. The molecule has 1 amide bonds. The van der Waals surface area contributed by atoms with Gasteiger partial charge in [-0.25, -0.2) is 17.5 Å². The van der Waals surface area contributed by atoms with Gasteiger partial charge in [-0.3, -0.25) is 4.79 Å². The Bertz CT molecular complexity index is 990. The molecule has 8 nitrogen and oxygen atoms in total. The molecular weight excluding hydrogens is 444 g/mol. The highest BCUT2D eigenvalue weighted by Crippen LogP contribution is 2.27. The van der Waals surface area contributed by atoms with Crippen LogP contribution in [0, 0.1) is 11.0 Å². The van der Waals surface area contributed by atoms with Crippen molar-refractivity contribution < 1.29 is 35.5 Å². The molecule has 0 atom stereocenters. The summed E-state index contributed by atoms with van der Waals surface area (Å²) in [7, 11) is -4.52. The Morgan fingerprint density at radius 2 is 2.03 bits per heavy atom. The van der Waals surface area contributed by atoms with Crippen molar-refractivity contribution in [3.63, 3.8) is 0 Å². The first-order valence-electron chi connectivity index (χ1n) is 8.04. The van der Waals surface area contributed by atoms with Crippen molar-refractivity contribution in [2.75, 3.05) is 23.0 Å². The van der Waals surface area contributed by atoms with E-state index in [1.165, 1.54) is 13.1 Å².